The number of benzene rings is 2. The van der Waals surface area contributed by atoms with Crippen LogP contribution in [0.25, 0.3) is 10.9 Å². The van der Waals surface area contributed by atoms with E-state index in [4.69, 9.17) is 24.7 Å². The summed E-state index contributed by atoms with van der Waals surface area (Å²) in [4.78, 5) is 41.1. The van der Waals surface area contributed by atoms with Crippen LogP contribution in [-0.2, 0) is 32.0 Å². The first-order chi connectivity index (χ1) is 18.5. The molecule has 196 valence electrons. The average Bonchev–Trinajstić information content (AvgIpc) is 3.26. The van der Waals surface area contributed by atoms with E-state index >= 15 is 0 Å². The van der Waals surface area contributed by atoms with Crippen LogP contribution in [0.5, 0.6) is 5.75 Å². The van der Waals surface area contributed by atoms with Crippen molar-refractivity contribution in [2.45, 2.75) is 19.9 Å². The predicted octanol–water partition coefficient (Wildman–Crippen LogP) is 3.46. The van der Waals surface area contributed by atoms with Gasteiger partial charge >= 0.3 is 17.9 Å². The van der Waals surface area contributed by atoms with Gasteiger partial charge in [0.1, 0.15) is 12.5 Å². The monoisotopic (exact) mass is 517 g/mol. The Balaban J connectivity index is 1.54. The van der Waals surface area contributed by atoms with E-state index in [9.17, 15) is 14.4 Å². The van der Waals surface area contributed by atoms with E-state index in [2.05, 4.69) is 4.98 Å². The number of carbonyl (C=O) groups is 3. The molecule has 10 heteroatoms. The second-order valence-electron chi connectivity index (χ2n) is 8.09. The van der Waals surface area contributed by atoms with Crippen molar-refractivity contribution in [1.82, 2.24) is 9.55 Å². The summed E-state index contributed by atoms with van der Waals surface area (Å²) < 4.78 is 22.9. The summed E-state index contributed by atoms with van der Waals surface area (Å²) in [7, 11) is 0. The fourth-order valence-electron chi connectivity index (χ4n) is 4.12. The number of esters is 3. The second kappa shape index (κ2) is 12.5. The summed E-state index contributed by atoms with van der Waals surface area (Å²) in [6.07, 6.45) is 3.41. The molecule has 0 unspecified atom stereocenters. The lowest BCUT2D eigenvalue weighted by molar-refractivity contribution is -0.154. The minimum atomic E-state index is -0.758. The van der Waals surface area contributed by atoms with Gasteiger partial charge in [-0.3, -0.25) is 10.7 Å². The van der Waals surface area contributed by atoms with Crippen molar-refractivity contribution in [3.05, 3.63) is 95.4 Å². The third-order valence-corrected chi connectivity index (χ3v) is 5.75. The van der Waals surface area contributed by atoms with E-state index < -0.39 is 31.3 Å². The van der Waals surface area contributed by atoms with Crippen LogP contribution < -0.4 is 10.5 Å². The van der Waals surface area contributed by atoms with Crippen molar-refractivity contribution in [1.29, 1.82) is 0 Å². The SMILES string of the molecule is CCc1c(C(=O)OCN)c2c(OCC(=O)OCOC(=O)c3cccnc3)cccc2n1Cc1ccccc1. The molecule has 0 fully saturated rings. The summed E-state index contributed by atoms with van der Waals surface area (Å²) in [6.45, 7) is 1.13. The van der Waals surface area contributed by atoms with Gasteiger partial charge in [0, 0.05) is 24.6 Å². The minimum absolute atomic E-state index is 0.232. The van der Waals surface area contributed by atoms with Crippen molar-refractivity contribution >= 4 is 28.8 Å². The van der Waals surface area contributed by atoms with E-state index in [0.717, 1.165) is 16.8 Å². The Labute approximate surface area is 218 Å². The summed E-state index contributed by atoms with van der Waals surface area (Å²) in [6, 6.07) is 18.3. The van der Waals surface area contributed by atoms with Crippen molar-refractivity contribution in [3.63, 3.8) is 0 Å². The molecule has 0 saturated carbocycles. The van der Waals surface area contributed by atoms with Crippen LogP contribution >= 0.6 is 0 Å². The van der Waals surface area contributed by atoms with Crippen LogP contribution in [0.15, 0.2) is 73.1 Å². The number of rotatable bonds is 11. The summed E-state index contributed by atoms with van der Waals surface area (Å²) in [5.74, 6) is -1.71. The number of hydrogen-bond acceptors (Lipinski definition) is 9. The lowest BCUT2D eigenvalue weighted by atomic mass is 10.1. The number of nitrogens with two attached hydrogens (primary N) is 1. The topological polar surface area (TPSA) is 132 Å². The molecule has 0 aliphatic rings. The van der Waals surface area contributed by atoms with Gasteiger partial charge in [-0.05, 0) is 36.2 Å². The van der Waals surface area contributed by atoms with Gasteiger partial charge < -0.3 is 23.5 Å². The van der Waals surface area contributed by atoms with E-state index in [1.165, 1.54) is 18.5 Å². The third-order valence-electron chi connectivity index (χ3n) is 5.75. The third kappa shape index (κ3) is 5.98. The zero-order chi connectivity index (χ0) is 26.9. The number of carbonyl (C=O) groups excluding carboxylic acids is 3. The maximum Gasteiger partial charge on any atom is 0.347 e. The molecule has 10 nitrogen and oxygen atoms in total. The summed E-state index contributed by atoms with van der Waals surface area (Å²) in [5.41, 5.74) is 8.60. The Morgan fingerprint density at radius 2 is 1.74 bits per heavy atom. The molecular weight excluding hydrogens is 490 g/mol. The quantitative estimate of drug-likeness (QED) is 0.235. The largest absolute Gasteiger partial charge is 0.481 e. The average molecular weight is 518 g/mol. The molecule has 2 aromatic heterocycles. The molecule has 0 amide bonds. The summed E-state index contributed by atoms with van der Waals surface area (Å²) >= 11 is 0. The fraction of sp³-hybridized carbons (Fsp3) is 0.214. The number of pyridine rings is 1. The van der Waals surface area contributed by atoms with Crippen LogP contribution in [0, 0.1) is 0 Å². The maximum atomic E-state index is 13.0. The molecule has 4 aromatic rings. The predicted molar refractivity (Wildman–Crippen MR) is 137 cm³/mol. The van der Waals surface area contributed by atoms with E-state index in [1.807, 2.05) is 47.9 Å². The Bertz CT molecular complexity index is 1420. The Kier molecular flexibility index (Phi) is 8.68. The highest BCUT2D eigenvalue weighted by Crippen LogP contribution is 2.35. The van der Waals surface area contributed by atoms with E-state index in [-0.39, 0.29) is 12.3 Å². The highest BCUT2D eigenvalue weighted by molar-refractivity contribution is 6.08. The van der Waals surface area contributed by atoms with Crippen molar-refractivity contribution in [2.24, 2.45) is 5.73 Å². The van der Waals surface area contributed by atoms with Crippen LogP contribution in [0.3, 0.4) is 0 Å². The highest BCUT2D eigenvalue weighted by Gasteiger charge is 2.26. The highest BCUT2D eigenvalue weighted by atomic mass is 16.7. The maximum absolute atomic E-state index is 13.0. The van der Waals surface area contributed by atoms with Gasteiger partial charge in [0.05, 0.1) is 22.0 Å². The first kappa shape index (κ1) is 26.4. The van der Waals surface area contributed by atoms with Crippen molar-refractivity contribution in [3.8, 4) is 5.75 Å². The van der Waals surface area contributed by atoms with Gasteiger partial charge in [0.15, 0.2) is 6.61 Å². The lowest BCUT2D eigenvalue weighted by Crippen LogP contribution is -2.18. The Morgan fingerprint density at radius 3 is 2.45 bits per heavy atom. The molecule has 0 aliphatic heterocycles. The fourth-order valence-corrected chi connectivity index (χ4v) is 4.12. The first-order valence-electron chi connectivity index (χ1n) is 11.9. The van der Waals surface area contributed by atoms with Crippen LogP contribution in [0.4, 0.5) is 0 Å². The number of ether oxygens (including phenoxy) is 4. The number of nitrogens with zero attached hydrogens (tertiary/aromatic N) is 2. The number of aromatic nitrogens is 2. The Morgan fingerprint density at radius 1 is 0.921 bits per heavy atom. The molecule has 2 N–H and O–H groups in total. The van der Waals surface area contributed by atoms with Gasteiger partial charge in [0.2, 0.25) is 6.79 Å². The van der Waals surface area contributed by atoms with Crippen LogP contribution in [0.1, 0.15) is 38.9 Å². The molecule has 0 spiro atoms. The van der Waals surface area contributed by atoms with Crippen molar-refractivity contribution in [2.75, 3.05) is 20.1 Å². The molecule has 2 heterocycles. The Hall–Kier alpha value is -4.70. The number of hydrogen-bond donors (Lipinski definition) is 1. The molecule has 0 bridgehead atoms. The number of fused-ring (bicyclic) bond motifs is 1. The second-order valence-corrected chi connectivity index (χ2v) is 8.09. The zero-order valence-corrected chi connectivity index (χ0v) is 20.8. The molecule has 0 atom stereocenters. The molecule has 0 aliphatic carbocycles. The molecule has 4 rings (SSSR count). The zero-order valence-electron chi connectivity index (χ0n) is 20.8. The lowest BCUT2D eigenvalue weighted by Gasteiger charge is -2.11. The van der Waals surface area contributed by atoms with Crippen LogP contribution in [0.2, 0.25) is 0 Å². The van der Waals surface area contributed by atoms with E-state index in [0.29, 0.717) is 29.7 Å². The van der Waals surface area contributed by atoms with Gasteiger partial charge in [0.25, 0.3) is 0 Å². The standard InChI is InChI=1S/C28H27N3O7/c1-2-21-26(28(34)36-17-29)25-22(31(21)15-19-8-4-3-5-9-19)11-6-12-23(25)35-16-24(32)37-18-38-27(33)20-10-7-13-30-14-20/h3-14H,2,15-18,29H2,1H3. The minimum Gasteiger partial charge on any atom is -0.481 e. The molecular formula is C28H27N3O7. The van der Waals surface area contributed by atoms with Crippen LogP contribution in [-0.4, -0.2) is 47.6 Å². The smallest absolute Gasteiger partial charge is 0.347 e. The van der Waals surface area contributed by atoms with Crippen molar-refractivity contribution < 1.29 is 33.3 Å². The molecule has 38 heavy (non-hydrogen) atoms. The van der Waals surface area contributed by atoms with Gasteiger partial charge in [-0.25, -0.2) is 14.4 Å². The van der Waals surface area contributed by atoms with E-state index in [1.54, 1.807) is 18.2 Å². The molecule has 2 aromatic carbocycles. The summed E-state index contributed by atoms with van der Waals surface area (Å²) in [5, 5.41) is 0.509. The molecule has 0 saturated heterocycles. The molecule has 0 radical (unpaired) electrons. The first-order valence-corrected chi connectivity index (χ1v) is 11.9. The van der Waals surface area contributed by atoms with Gasteiger partial charge in [-0.1, -0.05) is 43.3 Å². The normalized spacial score (nSPS) is 10.7. The van der Waals surface area contributed by atoms with Gasteiger partial charge in [-0.15, -0.1) is 0 Å². The van der Waals surface area contributed by atoms with Gasteiger partial charge in [-0.2, -0.15) is 0 Å².